The maximum Gasteiger partial charge on any atom is 0.309 e. The molecule has 61 heavy (non-hydrogen) atoms. The van der Waals surface area contributed by atoms with E-state index in [4.69, 9.17) is 9.72 Å². The third-order valence-corrected chi connectivity index (χ3v) is 13.0. The maximum absolute atomic E-state index is 15.0. The number of carbonyl (C=O) groups is 4. The van der Waals surface area contributed by atoms with Gasteiger partial charge in [0.2, 0.25) is 11.8 Å². The Hall–Kier alpha value is -3.62. The molecule has 12 nitrogen and oxygen atoms in total. The van der Waals surface area contributed by atoms with E-state index in [1.807, 2.05) is 39.6 Å². The van der Waals surface area contributed by atoms with Crippen molar-refractivity contribution in [2.75, 3.05) is 32.1 Å². The number of nitrogens with zero attached hydrogens (tertiary/aromatic N) is 3. The van der Waals surface area contributed by atoms with Crippen molar-refractivity contribution in [3.8, 4) is 0 Å². The number of anilines is 1. The minimum absolute atomic E-state index is 0.0388. The number of unbranched alkanes of at least 4 members (excludes halogenated alkanes) is 3. The summed E-state index contributed by atoms with van der Waals surface area (Å²) in [6.45, 7) is 21.2. The molecule has 1 aromatic carbocycles. The molecule has 3 amide bonds. The first-order valence-corrected chi connectivity index (χ1v) is 23.7. The normalized spacial score (nSPS) is 17.4. The Morgan fingerprint density at radius 1 is 1.05 bits per heavy atom. The number of aromatic nitrogens is 1. The lowest BCUT2D eigenvalue weighted by atomic mass is 9.84. The number of carboxylic acid groups (broad SMARTS) is 1. The number of ether oxygens (including phenoxy) is 1. The average molecular weight is 873 g/mol. The van der Waals surface area contributed by atoms with Crippen LogP contribution in [0.15, 0.2) is 23.6 Å². The van der Waals surface area contributed by atoms with Gasteiger partial charge in [-0.05, 0) is 110 Å². The summed E-state index contributed by atoms with van der Waals surface area (Å²) >= 11 is 1.31. The van der Waals surface area contributed by atoms with Gasteiger partial charge in [-0.15, -0.1) is 11.3 Å². The van der Waals surface area contributed by atoms with E-state index in [2.05, 4.69) is 48.5 Å². The van der Waals surface area contributed by atoms with E-state index in [0.717, 1.165) is 57.9 Å². The Balaban J connectivity index is 1.92. The minimum atomic E-state index is -1.17. The largest absolute Gasteiger partial charge is 0.481 e. The fourth-order valence-corrected chi connectivity index (χ4v) is 9.02. The van der Waals surface area contributed by atoms with Gasteiger partial charge in [0.05, 0.1) is 17.1 Å². The first-order valence-electron chi connectivity index (χ1n) is 22.8. The number of thiazole rings is 1. The predicted octanol–water partition coefficient (Wildman–Crippen LogP) is 8.86. The summed E-state index contributed by atoms with van der Waals surface area (Å²) < 4.78 is 21.4. The molecule has 344 valence electrons. The lowest BCUT2D eigenvalue weighted by Gasteiger charge is -2.40. The van der Waals surface area contributed by atoms with Gasteiger partial charge in [0, 0.05) is 43.1 Å². The molecule has 4 N–H and O–H groups in total. The Bertz CT molecular complexity index is 1700. The van der Waals surface area contributed by atoms with E-state index in [1.54, 1.807) is 31.4 Å². The zero-order valence-corrected chi connectivity index (χ0v) is 39.8. The fraction of sp³-hybridized carbons (Fsp3) is 0.723. The van der Waals surface area contributed by atoms with Gasteiger partial charge in [-0.25, -0.2) is 9.37 Å². The molecule has 6 atom stereocenters. The van der Waals surface area contributed by atoms with Crippen molar-refractivity contribution in [2.45, 2.75) is 176 Å². The number of hydrogen-bond acceptors (Lipinski definition) is 9. The Kier molecular flexibility index (Phi) is 21.1. The Morgan fingerprint density at radius 3 is 2.36 bits per heavy atom. The van der Waals surface area contributed by atoms with Crippen LogP contribution in [-0.4, -0.2) is 101 Å². The summed E-state index contributed by atoms with van der Waals surface area (Å²) in [7, 11) is 1.98. The molecule has 0 unspecified atom stereocenters. The Morgan fingerprint density at radius 2 is 1.77 bits per heavy atom. The van der Waals surface area contributed by atoms with Gasteiger partial charge < -0.3 is 30.7 Å². The van der Waals surface area contributed by atoms with Gasteiger partial charge in [0.1, 0.15) is 28.7 Å². The van der Waals surface area contributed by atoms with Crippen molar-refractivity contribution in [1.29, 1.82) is 0 Å². The lowest BCUT2D eigenvalue weighted by Crippen LogP contribution is -2.59. The number of carbonyl (C=O) groups excluding carboxylic acids is 3. The van der Waals surface area contributed by atoms with Crippen LogP contribution in [0.1, 0.15) is 161 Å². The molecule has 1 aromatic heterocycles. The highest BCUT2D eigenvalue weighted by molar-refractivity contribution is 7.09. The summed E-state index contributed by atoms with van der Waals surface area (Å²) in [6.07, 6.45) is 7.73. The van der Waals surface area contributed by atoms with Gasteiger partial charge in [0.15, 0.2) is 0 Å². The highest BCUT2D eigenvalue weighted by Crippen LogP contribution is 2.32. The first-order chi connectivity index (χ1) is 28.8. The smallest absolute Gasteiger partial charge is 0.309 e. The second kappa shape index (κ2) is 24.9. The zero-order chi connectivity index (χ0) is 45.4. The molecule has 14 heteroatoms. The third kappa shape index (κ3) is 15.6. The summed E-state index contributed by atoms with van der Waals surface area (Å²) in [5.74, 6) is -2.10. The highest BCUT2D eigenvalue weighted by Gasteiger charge is 2.38. The average Bonchev–Trinajstić information content (AvgIpc) is 3.70. The van der Waals surface area contributed by atoms with E-state index in [1.165, 1.54) is 17.4 Å². The van der Waals surface area contributed by atoms with Gasteiger partial charge in [-0.3, -0.25) is 24.1 Å². The molecule has 1 fully saturated rings. The lowest BCUT2D eigenvalue weighted by molar-refractivity contribution is -0.147. The van der Waals surface area contributed by atoms with Crippen LogP contribution in [0.5, 0.6) is 0 Å². The second-order valence-electron chi connectivity index (χ2n) is 18.4. The minimum Gasteiger partial charge on any atom is -0.481 e. The molecule has 1 aliphatic heterocycles. The van der Waals surface area contributed by atoms with E-state index in [0.29, 0.717) is 35.8 Å². The number of piperidine rings is 1. The fourth-order valence-electron chi connectivity index (χ4n) is 8.16. The number of hydrogen-bond donors (Lipinski definition) is 4. The summed E-state index contributed by atoms with van der Waals surface area (Å²) in [6, 6.07) is 3.08. The van der Waals surface area contributed by atoms with E-state index < -0.39 is 41.3 Å². The number of amides is 3. The highest BCUT2D eigenvalue weighted by atomic mass is 32.1. The molecule has 2 aromatic rings. The summed E-state index contributed by atoms with van der Waals surface area (Å²) in [5.41, 5.74) is -0.0000640. The van der Waals surface area contributed by atoms with Crippen molar-refractivity contribution >= 4 is 40.7 Å². The molecule has 3 rings (SSSR count). The quantitative estimate of drug-likeness (QED) is 0.0680. The molecule has 2 heterocycles. The Labute approximate surface area is 369 Å². The van der Waals surface area contributed by atoms with Crippen molar-refractivity contribution in [2.24, 2.45) is 17.3 Å². The molecular formula is C47H77FN6O6S. The molecule has 1 aliphatic rings. The SMILES string of the molecule is CCCCCCN(C(=O)[C@@H](NC(=O)[C@H]1CCCCN1C)[C@@H](C)CC)[C@H](C[C@@H](OCC)c1nc(C(=O)N[C@@H](Cc2ccc(NC(C)C)c(F)c2)CC(C)(C)C(=O)O)cs1)C(C)C. The number of halogens is 1. The molecule has 0 bridgehead atoms. The van der Waals surface area contributed by atoms with E-state index in [-0.39, 0.29) is 60.3 Å². The van der Waals surface area contributed by atoms with E-state index >= 15 is 4.39 Å². The monoisotopic (exact) mass is 873 g/mol. The molecular weight excluding hydrogens is 796 g/mol. The number of carboxylic acids is 1. The first kappa shape index (κ1) is 51.7. The van der Waals surface area contributed by atoms with Crippen LogP contribution < -0.4 is 16.0 Å². The predicted molar refractivity (Wildman–Crippen MR) is 243 cm³/mol. The topological polar surface area (TPSA) is 153 Å². The van der Waals surface area contributed by atoms with Crippen molar-refractivity contribution in [3.63, 3.8) is 0 Å². The van der Waals surface area contributed by atoms with Crippen molar-refractivity contribution < 1.29 is 33.4 Å². The summed E-state index contributed by atoms with van der Waals surface area (Å²) in [4.78, 5) is 63.6. The molecule has 0 radical (unpaired) electrons. The molecule has 0 spiro atoms. The van der Waals surface area contributed by atoms with Gasteiger partial charge >= 0.3 is 5.97 Å². The second-order valence-corrected chi connectivity index (χ2v) is 19.3. The number of likely N-dealkylation sites (N-methyl/N-ethyl adjacent to an activating group) is 1. The molecule has 1 saturated heterocycles. The third-order valence-electron chi connectivity index (χ3n) is 12.0. The van der Waals surface area contributed by atoms with Gasteiger partial charge in [-0.1, -0.05) is 72.8 Å². The van der Waals surface area contributed by atoms with Crippen LogP contribution >= 0.6 is 11.3 Å². The van der Waals surface area contributed by atoms with Crippen LogP contribution in [-0.2, 0) is 25.5 Å². The summed E-state index contributed by atoms with van der Waals surface area (Å²) in [5, 5.41) is 21.6. The zero-order valence-electron chi connectivity index (χ0n) is 38.9. The van der Waals surface area contributed by atoms with E-state index in [9.17, 15) is 24.3 Å². The van der Waals surface area contributed by atoms with Crippen LogP contribution in [0.2, 0.25) is 0 Å². The number of aliphatic carboxylic acids is 1. The molecule has 0 aliphatic carbocycles. The van der Waals surface area contributed by atoms with Crippen molar-refractivity contribution in [3.05, 3.63) is 45.7 Å². The number of benzene rings is 1. The standard InChI is InChI=1S/C47H77FN6O6S/c1-12-15-16-18-24-54(45(57)41(32(8)13-2)52-43(56)38-20-17-19-23-53(38)11)39(30(4)5)27-40(60-14-3)44-51-37(29-61-44)42(55)50-34(28-47(9,10)46(58)59)25-33-21-22-36(35(48)26-33)49-31(6)7/h21-22,26,29-32,34,38-41,49H,12-20,23-25,27-28H2,1-11H3,(H,50,55)(H,52,56)(H,58,59)/t32-,34-,38+,39+,40+,41-/m0/s1. The van der Waals surface area contributed by atoms with Crippen LogP contribution in [0.4, 0.5) is 10.1 Å². The van der Waals surface area contributed by atoms with Gasteiger partial charge in [-0.2, -0.15) is 0 Å². The maximum atomic E-state index is 15.0. The van der Waals surface area contributed by atoms with Crippen LogP contribution in [0.3, 0.4) is 0 Å². The number of nitrogens with one attached hydrogen (secondary N) is 3. The molecule has 0 saturated carbocycles. The van der Waals surface area contributed by atoms with Crippen molar-refractivity contribution in [1.82, 2.24) is 25.4 Å². The number of likely N-dealkylation sites (tertiary alicyclic amines) is 1. The number of rotatable bonds is 26. The van der Waals surface area contributed by atoms with Gasteiger partial charge in [0.25, 0.3) is 5.91 Å². The van der Waals surface area contributed by atoms with Crippen LogP contribution in [0, 0.1) is 23.1 Å². The van der Waals surface area contributed by atoms with Crippen LogP contribution in [0.25, 0.3) is 0 Å².